The van der Waals surface area contributed by atoms with Crippen LogP contribution in [0, 0.1) is 10.1 Å². The third kappa shape index (κ3) is 4.02. The van der Waals surface area contributed by atoms with Gasteiger partial charge in [0.05, 0.1) is 27.6 Å². The Kier molecular flexibility index (Phi) is 6.33. The second-order valence-corrected chi connectivity index (χ2v) is 6.96. The van der Waals surface area contributed by atoms with E-state index in [0.29, 0.717) is 4.99 Å². The van der Waals surface area contributed by atoms with Crippen molar-refractivity contribution in [3.8, 4) is 0 Å². The van der Waals surface area contributed by atoms with Gasteiger partial charge in [-0.2, -0.15) is 0 Å². The molecule has 1 aliphatic carbocycles. The predicted octanol–water partition coefficient (Wildman–Crippen LogP) is 3.56. The number of non-ortho nitro benzene ring substituents is 1. The average molecular weight is 398 g/mol. The first-order chi connectivity index (χ1) is 13.6. The second-order valence-electron chi connectivity index (χ2n) is 6.55. The van der Waals surface area contributed by atoms with E-state index in [4.69, 9.17) is 17.1 Å². The number of rotatable bonds is 7. The summed E-state index contributed by atoms with van der Waals surface area (Å²) in [7, 11) is 1.82. The average Bonchev–Trinajstić information content (AvgIpc) is 2.74. The van der Waals surface area contributed by atoms with Crippen molar-refractivity contribution in [2.24, 2.45) is 0 Å². The first-order valence-corrected chi connectivity index (χ1v) is 9.43. The SMILES string of the molecule is CNC(=S)C1(c2cccnc2)CCCC=C1NOCc1ccc([N+](=O)[O-])cc1. The Bertz CT molecular complexity index is 871. The number of thiocarbonyl (C=S) groups is 1. The third-order valence-corrected chi connectivity index (χ3v) is 5.45. The summed E-state index contributed by atoms with van der Waals surface area (Å²) in [5.41, 5.74) is 5.34. The standard InChI is InChI=1S/C20H22N4O3S/c1-21-19(28)20(16-5-4-12-22-13-16)11-3-2-6-18(20)23-27-14-15-7-9-17(10-8-15)24(25)26/h4-10,12-13,23H,2-3,11,14H2,1H3,(H,21,28). The van der Waals surface area contributed by atoms with Crippen molar-refractivity contribution >= 4 is 22.9 Å². The molecule has 0 fully saturated rings. The predicted molar refractivity (Wildman–Crippen MR) is 111 cm³/mol. The zero-order chi connectivity index (χ0) is 20.0. The van der Waals surface area contributed by atoms with Crippen molar-refractivity contribution in [2.75, 3.05) is 7.05 Å². The normalized spacial score (nSPS) is 18.8. The summed E-state index contributed by atoms with van der Waals surface area (Å²) in [4.78, 5) is 21.1. The van der Waals surface area contributed by atoms with Crippen molar-refractivity contribution in [1.29, 1.82) is 0 Å². The second kappa shape index (κ2) is 8.90. The molecule has 0 bridgehead atoms. The van der Waals surface area contributed by atoms with Crippen LogP contribution in [0.2, 0.25) is 0 Å². The molecular weight excluding hydrogens is 376 g/mol. The van der Waals surface area contributed by atoms with Gasteiger partial charge in [-0.15, -0.1) is 0 Å². The Morgan fingerprint density at radius 1 is 1.36 bits per heavy atom. The van der Waals surface area contributed by atoms with Crippen LogP contribution in [0.5, 0.6) is 0 Å². The number of hydroxylamine groups is 1. The number of benzene rings is 1. The van der Waals surface area contributed by atoms with Crippen molar-refractivity contribution < 1.29 is 9.76 Å². The molecule has 0 saturated carbocycles. The van der Waals surface area contributed by atoms with E-state index >= 15 is 0 Å². The Morgan fingerprint density at radius 2 is 2.14 bits per heavy atom. The lowest BCUT2D eigenvalue weighted by Crippen LogP contribution is -2.48. The fourth-order valence-electron chi connectivity index (χ4n) is 3.46. The molecule has 1 unspecified atom stereocenters. The number of nitro groups is 1. The molecule has 0 saturated heterocycles. The third-order valence-electron chi connectivity index (χ3n) is 4.90. The summed E-state index contributed by atoms with van der Waals surface area (Å²) in [5.74, 6) is 0. The first kappa shape index (κ1) is 19.9. The molecule has 7 nitrogen and oxygen atoms in total. The molecular formula is C20H22N4O3S. The van der Waals surface area contributed by atoms with Crippen molar-refractivity contribution in [2.45, 2.75) is 31.3 Å². The zero-order valence-electron chi connectivity index (χ0n) is 15.6. The number of nitrogens with zero attached hydrogens (tertiary/aromatic N) is 2. The van der Waals surface area contributed by atoms with Crippen LogP contribution in [-0.4, -0.2) is 21.9 Å². The highest BCUT2D eigenvalue weighted by molar-refractivity contribution is 7.80. The van der Waals surface area contributed by atoms with E-state index in [9.17, 15) is 10.1 Å². The molecule has 1 atom stereocenters. The number of pyridine rings is 1. The number of nitrogens with one attached hydrogen (secondary N) is 2. The molecule has 0 amide bonds. The largest absolute Gasteiger partial charge is 0.382 e. The van der Waals surface area contributed by atoms with E-state index in [0.717, 1.165) is 36.1 Å². The summed E-state index contributed by atoms with van der Waals surface area (Å²) in [5, 5.41) is 13.9. The van der Waals surface area contributed by atoms with Crippen LogP contribution in [0.3, 0.4) is 0 Å². The summed E-state index contributed by atoms with van der Waals surface area (Å²) in [6.45, 7) is 0.269. The molecule has 1 aromatic heterocycles. The molecule has 1 aromatic carbocycles. The quantitative estimate of drug-likeness (QED) is 0.419. The highest BCUT2D eigenvalue weighted by Crippen LogP contribution is 2.40. The minimum atomic E-state index is -0.522. The van der Waals surface area contributed by atoms with Gasteiger partial charge < -0.3 is 5.32 Å². The Labute approximate surface area is 168 Å². The van der Waals surface area contributed by atoms with Crippen LogP contribution in [0.15, 0.2) is 60.6 Å². The van der Waals surface area contributed by atoms with E-state index in [-0.39, 0.29) is 12.3 Å². The summed E-state index contributed by atoms with van der Waals surface area (Å²) < 4.78 is 0. The Hall–Kier alpha value is -2.84. The van der Waals surface area contributed by atoms with E-state index < -0.39 is 10.3 Å². The maximum absolute atomic E-state index is 10.8. The molecule has 3 rings (SSSR count). The number of nitro benzene ring substituents is 1. The molecule has 2 N–H and O–H groups in total. The van der Waals surface area contributed by atoms with Crippen LogP contribution in [0.4, 0.5) is 5.69 Å². The fourth-order valence-corrected chi connectivity index (χ4v) is 3.79. The molecule has 0 aliphatic heterocycles. The van der Waals surface area contributed by atoms with E-state index in [1.807, 2.05) is 25.4 Å². The van der Waals surface area contributed by atoms with Gasteiger partial charge in [-0.25, -0.2) is 0 Å². The topological polar surface area (TPSA) is 89.3 Å². The van der Waals surface area contributed by atoms with Gasteiger partial charge >= 0.3 is 0 Å². The zero-order valence-corrected chi connectivity index (χ0v) is 16.4. The molecule has 0 radical (unpaired) electrons. The number of aromatic nitrogens is 1. The van der Waals surface area contributed by atoms with Gasteiger partial charge in [0.2, 0.25) is 0 Å². The highest BCUT2D eigenvalue weighted by Gasteiger charge is 2.42. The minimum absolute atomic E-state index is 0.0571. The number of hydrogen-bond acceptors (Lipinski definition) is 6. The monoisotopic (exact) mass is 398 g/mol. The maximum Gasteiger partial charge on any atom is 0.269 e. The number of hydrogen-bond donors (Lipinski definition) is 2. The lowest BCUT2D eigenvalue weighted by molar-refractivity contribution is -0.384. The van der Waals surface area contributed by atoms with Gasteiger partial charge in [0.1, 0.15) is 0 Å². The van der Waals surface area contributed by atoms with Crippen molar-refractivity contribution in [3.05, 3.63) is 81.8 Å². The molecule has 1 aliphatic rings. The number of likely N-dealkylation sites (N-methyl/N-ethyl adjacent to an activating group) is 1. The summed E-state index contributed by atoms with van der Waals surface area (Å²) in [6, 6.07) is 10.2. The maximum atomic E-state index is 10.8. The van der Waals surface area contributed by atoms with Crippen LogP contribution >= 0.6 is 12.2 Å². The summed E-state index contributed by atoms with van der Waals surface area (Å²) >= 11 is 5.69. The van der Waals surface area contributed by atoms with Crippen molar-refractivity contribution in [1.82, 2.24) is 15.8 Å². The highest BCUT2D eigenvalue weighted by atomic mass is 32.1. The van der Waals surface area contributed by atoms with Gasteiger partial charge in [-0.1, -0.05) is 24.4 Å². The van der Waals surface area contributed by atoms with Gasteiger partial charge in [0.15, 0.2) is 0 Å². The van der Waals surface area contributed by atoms with Gasteiger partial charge in [-0.05, 0) is 48.6 Å². The Morgan fingerprint density at radius 3 is 2.79 bits per heavy atom. The molecule has 28 heavy (non-hydrogen) atoms. The Balaban J connectivity index is 1.77. The van der Waals surface area contributed by atoms with Crippen LogP contribution in [-0.2, 0) is 16.9 Å². The first-order valence-electron chi connectivity index (χ1n) is 9.02. The molecule has 8 heteroatoms. The van der Waals surface area contributed by atoms with Gasteiger partial charge in [0.25, 0.3) is 5.69 Å². The summed E-state index contributed by atoms with van der Waals surface area (Å²) in [6.07, 6.45) is 8.46. The van der Waals surface area contributed by atoms with Crippen LogP contribution in [0.1, 0.15) is 30.4 Å². The van der Waals surface area contributed by atoms with E-state index in [1.54, 1.807) is 18.3 Å². The minimum Gasteiger partial charge on any atom is -0.382 e. The molecule has 0 spiro atoms. The van der Waals surface area contributed by atoms with E-state index in [1.165, 1.54) is 12.1 Å². The lowest BCUT2D eigenvalue weighted by atomic mass is 9.71. The number of allylic oxidation sites excluding steroid dienone is 1. The molecule has 1 heterocycles. The van der Waals surface area contributed by atoms with Gasteiger partial charge in [-0.3, -0.25) is 25.4 Å². The fraction of sp³-hybridized carbons (Fsp3) is 0.300. The van der Waals surface area contributed by atoms with Crippen LogP contribution in [0.25, 0.3) is 0 Å². The smallest absolute Gasteiger partial charge is 0.269 e. The molecule has 2 aromatic rings. The molecule has 146 valence electrons. The van der Waals surface area contributed by atoms with E-state index in [2.05, 4.69) is 21.9 Å². The lowest BCUT2D eigenvalue weighted by Gasteiger charge is -2.39. The van der Waals surface area contributed by atoms with Crippen molar-refractivity contribution in [3.63, 3.8) is 0 Å². The van der Waals surface area contributed by atoms with Gasteiger partial charge in [0, 0.05) is 31.6 Å². The van der Waals surface area contributed by atoms with Crippen LogP contribution < -0.4 is 10.8 Å².